The summed E-state index contributed by atoms with van der Waals surface area (Å²) in [6.45, 7) is 6.48. The molecule has 6 nitrogen and oxygen atoms in total. The molecule has 0 bridgehead atoms. The third kappa shape index (κ3) is 3.06. The van der Waals surface area contributed by atoms with Crippen LogP contribution < -0.4 is 5.32 Å². The number of nitrogens with zero attached hydrogens (tertiary/aromatic N) is 1. The van der Waals surface area contributed by atoms with Gasteiger partial charge in [-0.3, -0.25) is 9.59 Å². The number of hydrogen-bond acceptors (Lipinski definition) is 4. The van der Waals surface area contributed by atoms with Crippen LogP contribution in [0.1, 0.15) is 33.1 Å². The SMILES string of the molecule is CC(C)NC(=O)C1CC1C(=O)N1CCC2(CC1)OCCO2. The minimum atomic E-state index is -0.450. The van der Waals surface area contributed by atoms with Crippen molar-refractivity contribution in [1.82, 2.24) is 10.2 Å². The average molecular weight is 296 g/mol. The van der Waals surface area contributed by atoms with Gasteiger partial charge in [0, 0.05) is 32.0 Å². The lowest BCUT2D eigenvalue weighted by molar-refractivity contribution is -0.187. The van der Waals surface area contributed by atoms with Gasteiger partial charge in [0.1, 0.15) is 0 Å². The number of rotatable bonds is 3. The van der Waals surface area contributed by atoms with E-state index in [9.17, 15) is 9.59 Å². The van der Waals surface area contributed by atoms with E-state index in [2.05, 4.69) is 5.32 Å². The zero-order valence-corrected chi connectivity index (χ0v) is 12.8. The van der Waals surface area contributed by atoms with E-state index in [1.54, 1.807) is 0 Å². The van der Waals surface area contributed by atoms with E-state index >= 15 is 0 Å². The summed E-state index contributed by atoms with van der Waals surface area (Å²) in [4.78, 5) is 26.2. The molecule has 0 aromatic rings. The second-order valence-electron chi connectivity index (χ2n) is 6.54. The molecule has 6 heteroatoms. The number of likely N-dealkylation sites (tertiary alicyclic amines) is 1. The van der Waals surface area contributed by atoms with Crippen molar-refractivity contribution in [2.75, 3.05) is 26.3 Å². The van der Waals surface area contributed by atoms with Gasteiger partial charge in [-0.05, 0) is 20.3 Å². The van der Waals surface area contributed by atoms with Crippen LogP contribution in [0.3, 0.4) is 0 Å². The van der Waals surface area contributed by atoms with Gasteiger partial charge in [-0.1, -0.05) is 0 Å². The van der Waals surface area contributed by atoms with E-state index in [1.807, 2.05) is 18.7 Å². The second kappa shape index (κ2) is 5.57. The first kappa shape index (κ1) is 14.8. The molecule has 1 N–H and O–H groups in total. The standard InChI is InChI=1S/C15H24N2O4/c1-10(2)16-13(18)11-9-12(11)14(19)17-5-3-15(4-6-17)20-7-8-21-15/h10-12H,3-9H2,1-2H3,(H,16,18). The normalized spacial score (nSPS) is 30.7. The van der Waals surface area contributed by atoms with Crippen LogP contribution in [0.25, 0.3) is 0 Å². The molecule has 3 aliphatic rings. The molecule has 2 amide bonds. The summed E-state index contributed by atoms with van der Waals surface area (Å²) in [5.74, 6) is -0.571. The van der Waals surface area contributed by atoms with Crippen LogP contribution in [0.2, 0.25) is 0 Å². The molecule has 3 fully saturated rings. The minimum Gasteiger partial charge on any atom is -0.354 e. The quantitative estimate of drug-likeness (QED) is 0.824. The Hall–Kier alpha value is -1.14. The third-order valence-electron chi connectivity index (χ3n) is 4.53. The number of carbonyl (C=O) groups excluding carboxylic acids is 2. The zero-order chi connectivity index (χ0) is 15.0. The highest BCUT2D eigenvalue weighted by Gasteiger charge is 2.51. The summed E-state index contributed by atoms with van der Waals surface area (Å²) >= 11 is 0. The van der Waals surface area contributed by atoms with E-state index in [0.29, 0.717) is 32.7 Å². The Kier molecular flexibility index (Phi) is 3.92. The summed E-state index contributed by atoms with van der Waals surface area (Å²) in [5, 5.41) is 2.88. The van der Waals surface area contributed by atoms with Gasteiger partial charge in [-0.25, -0.2) is 0 Å². The molecule has 1 aliphatic carbocycles. The Balaban J connectivity index is 1.48. The fourth-order valence-corrected chi connectivity index (χ4v) is 3.24. The zero-order valence-electron chi connectivity index (χ0n) is 12.8. The van der Waals surface area contributed by atoms with Crippen LogP contribution in [0.15, 0.2) is 0 Å². The summed E-state index contributed by atoms with van der Waals surface area (Å²) in [5.41, 5.74) is 0. The van der Waals surface area contributed by atoms with Crippen molar-refractivity contribution in [1.29, 1.82) is 0 Å². The second-order valence-corrected chi connectivity index (χ2v) is 6.54. The Morgan fingerprint density at radius 1 is 1.14 bits per heavy atom. The van der Waals surface area contributed by atoms with Gasteiger partial charge in [-0.15, -0.1) is 0 Å². The summed E-state index contributed by atoms with van der Waals surface area (Å²) in [6.07, 6.45) is 2.15. The lowest BCUT2D eigenvalue weighted by Gasteiger charge is -2.37. The number of nitrogens with one attached hydrogen (secondary N) is 1. The molecule has 1 spiro atoms. The molecule has 2 aliphatic heterocycles. The number of amides is 2. The third-order valence-corrected chi connectivity index (χ3v) is 4.53. The lowest BCUT2D eigenvalue weighted by Crippen LogP contribution is -2.48. The van der Waals surface area contributed by atoms with Crippen LogP contribution in [0.5, 0.6) is 0 Å². The molecule has 2 heterocycles. The summed E-state index contributed by atoms with van der Waals surface area (Å²) in [7, 11) is 0. The first-order valence-electron chi connectivity index (χ1n) is 7.88. The van der Waals surface area contributed by atoms with Crippen LogP contribution in [-0.4, -0.2) is 54.8 Å². The fourth-order valence-electron chi connectivity index (χ4n) is 3.24. The smallest absolute Gasteiger partial charge is 0.226 e. The predicted molar refractivity (Wildman–Crippen MR) is 75.3 cm³/mol. The van der Waals surface area contributed by atoms with Gasteiger partial charge >= 0.3 is 0 Å². The number of piperidine rings is 1. The topological polar surface area (TPSA) is 67.9 Å². The van der Waals surface area contributed by atoms with E-state index in [-0.39, 0.29) is 29.7 Å². The maximum atomic E-state index is 12.4. The highest BCUT2D eigenvalue weighted by molar-refractivity contribution is 5.92. The van der Waals surface area contributed by atoms with Crippen molar-refractivity contribution >= 4 is 11.8 Å². The van der Waals surface area contributed by atoms with Gasteiger partial charge in [0.2, 0.25) is 11.8 Å². The molecular formula is C15H24N2O4. The Labute approximate surface area is 125 Å². The number of carbonyl (C=O) groups is 2. The maximum Gasteiger partial charge on any atom is 0.226 e. The van der Waals surface area contributed by atoms with Crippen LogP contribution >= 0.6 is 0 Å². The monoisotopic (exact) mass is 296 g/mol. The maximum absolute atomic E-state index is 12.4. The molecule has 2 saturated heterocycles. The average Bonchev–Trinajstić information content (AvgIpc) is 3.14. The molecule has 2 atom stereocenters. The Morgan fingerprint density at radius 3 is 2.33 bits per heavy atom. The summed E-state index contributed by atoms with van der Waals surface area (Å²) < 4.78 is 11.3. The molecule has 0 radical (unpaired) electrons. The number of ether oxygens (including phenoxy) is 2. The fraction of sp³-hybridized carbons (Fsp3) is 0.867. The van der Waals surface area contributed by atoms with Crippen molar-refractivity contribution in [3.8, 4) is 0 Å². The van der Waals surface area contributed by atoms with E-state index < -0.39 is 5.79 Å². The van der Waals surface area contributed by atoms with E-state index in [4.69, 9.17) is 9.47 Å². The largest absolute Gasteiger partial charge is 0.354 e. The molecule has 118 valence electrons. The number of hydrogen-bond donors (Lipinski definition) is 1. The van der Waals surface area contributed by atoms with Crippen molar-refractivity contribution in [2.24, 2.45) is 11.8 Å². The lowest BCUT2D eigenvalue weighted by atomic mass is 10.0. The van der Waals surface area contributed by atoms with Crippen LogP contribution in [0.4, 0.5) is 0 Å². The molecule has 0 aromatic carbocycles. The van der Waals surface area contributed by atoms with Crippen molar-refractivity contribution < 1.29 is 19.1 Å². The minimum absolute atomic E-state index is 0.0132. The summed E-state index contributed by atoms with van der Waals surface area (Å²) in [6, 6.07) is 0.125. The van der Waals surface area contributed by atoms with Gasteiger partial charge in [0.25, 0.3) is 0 Å². The highest BCUT2D eigenvalue weighted by Crippen LogP contribution is 2.41. The Bertz CT molecular complexity index is 421. The molecule has 3 rings (SSSR count). The first-order valence-corrected chi connectivity index (χ1v) is 7.88. The molecule has 2 unspecified atom stereocenters. The van der Waals surface area contributed by atoms with Crippen LogP contribution in [0, 0.1) is 11.8 Å². The highest BCUT2D eigenvalue weighted by atomic mass is 16.7. The first-order chi connectivity index (χ1) is 10.0. The van der Waals surface area contributed by atoms with Gasteiger partial charge in [0.15, 0.2) is 5.79 Å². The van der Waals surface area contributed by atoms with Crippen LogP contribution in [-0.2, 0) is 19.1 Å². The van der Waals surface area contributed by atoms with Gasteiger partial charge < -0.3 is 19.7 Å². The van der Waals surface area contributed by atoms with Gasteiger partial charge in [-0.2, -0.15) is 0 Å². The van der Waals surface area contributed by atoms with E-state index in [1.165, 1.54) is 0 Å². The Morgan fingerprint density at radius 2 is 1.76 bits per heavy atom. The van der Waals surface area contributed by atoms with Crippen molar-refractivity contribution in [3.05, 3.63) is 0 Å². The molecule has 21 heavy (non-hydrogen) atoms. The van der Waals surface area contributed by atoms with Gasteiger partial charge in [0.05, 0.1) is 25.0 Å². The van der Waals surface area contributed by atoms with Crippen molar-refractivity contribution in [2.45, 2.75) is 44.9 Å². The molecule has 1 saturated carbocycles. The molecular weight excluding hydrogens is 272 g/mol. The van der Waals surface area contributed by atoms with E-state index in [0.717, 1.165) is 12.8 Å². The molecule has 0 aromatic heterocycles. The van der Waals surface area contributed by atoms with Crippen molar-refractivity contribution in [3.63, 3.8) is 0 Å². The predicted octanol–water partition coefficient (Wildman–Crippen LogP) is 0.513.